The maximum absolute atomic E-state index is 12.0. The monoisotopic (exact) mass is 290 g/mol. The SMILES string of the molecule is CC(CCS(C)=O)NC(=O)N1C[C@@H](C)[C@H](C(=O)O)C1. The molecule has 1 aliphatic rings. The van der Waals surface area contributed by atoms with Gasteiger partial charge in [-0.25, -0.2) is 4.79 Å². The van der Waals surface area contributed by atoms with Gasteiger partial charge in [0.2, 0.25) is 0 Å². The fraction of sp³-hybridized carbons (Fsp3) is 0.833. The average Bonchev–Trinajstić information content (AvgIpc) is 2.69. The number of rotatable bonds is 5. The van der Waals surface area contributed by atoms with Crippen molar-refractivity contribution in [2.45, 2.75) is 26.3 Å². The molecule has 4 atom stereocenters. The summed E-state index contributed by atoms with van der Waals surface area (Å²) in [6.45, 7) is 4.43. The van der Waals surface area contributed by atoms with Crippen LogP contribution >= 0.6 is 0 Å². The Bertz CT molecular complexity index is 375. The molecule has 7 heteroatoms. The van der Waals surface area contributed by atoms with Crippen molar-refractivity contribution in [1.82, 2.24) is 10.2 Å². The molecular formula is C12H22N2O4S. The molecule has 1 aliphatic heterocycles. The number of carbonyl (C=O) groups is 2. The molecule has 0 aromatic rings. The highest BCUT2D eigenvalue weighted by molar-refractivity contribution is 7.84. The number of nitrogens with one attached hydrogen (secondary N) is 1. The van der Waals surface area contributed by atoms with Gasteiger partial charge in [-0.3, -0.25) is 9.00 Å². The molecule has 0 spiro atoms. The van der Waals surface area contributed by atoms with E-state index in [1.54, 1.807) is 11.2 Å². The summed E-state index contributed by atoms with van der Waals surface area (Å²) in [5, 5.41) is 11.8. The molecule has 1 rings (SSSR count). The summed E-state index contributed by atoms with van der Waals surface area (Å²) in [5.41, 5.74) is 0. The first-order chi connectivity index (χ1) is 8.81. The van der Waals surface area contributed by atoms with Crippen molar-refractivity contribution in [2.75, 3.05) is 25.1 Å². The molecule has 0 radical (unpaired) electrons. The van der Waals surface area contributed by atoms with Crippen LogP contribution in [0.4, 0.5) is 4.79 Å². The smallest absolute Gasteiger partial charge is 0.317 e. The van der Waals surface area contributed by atoms with Gasteiger partial charge in [-0.2, -0.15) is 0 Å². The lowest BCUT2D eigenvalue weighted by Gasteiger charge is -2.20. The third-order valence-electron chi connectivity index (χ3n) is 3.42. The van der Waals surface area contributed by atoms with Crippen molar-refractivity contribution in [3.63, 3.8) is 0 Å². The number of carbonyl (C=O) groups excluding carboxylic acids is 1. The maximum atomic E-state index is 12.0. The molecule has 1 saturated heterocycles. The van der Waals surface area contributed by atoms with E-state index in [4.69, 9.17) is 5.11 Å². The summed E-state index contributed by atoms with van der Waals surface area (Å²) >= 11 is 0. The van der Waals surface area contributed by atoms with Crippen LogP contribution in [0, 0.1) is 11.8 Å². The molecule has 2 unspecified atom stereocenters. The minimum atomic E-state index is -0.863. The third kappa shape index (κ3) is 4.81. The molecule has 6 nitrogen and oxygen atoms in total. The van der Waals surface area contributed by atoms with Gasteiger partial charge >= 0.3 is 12.0 Å². The molecule has 110 valence electrons. The zero-order valence-electron chi connectivity index (χ0n) is 11.6. The van der Waals surface area contributed by atoms with E-state index in [0.29, 0.717) is 18.7 Å². The Kier molecular flexibility index (Phi) is 5.78. The molecule has 0 aromatic heterocycles. The first-order valence-corrected chi connectivity index (χ1v) is 8.12. The Labute approximate surface area is 116 Å². The highest BCUT2D eigenvalue weighted by Gasteiger charge is 2.37. The number of hydrogen-bond donors (Lipinski definition) is 2. The predicted octanol–water partition coefficient (Wildman–Crippen LogP) is 0.506. The summed E-state index contributed by atoms with van der Waals surface area (Å²) in [5.74, 6) is -0.807. The van der Waals surface area contributed by atoms with Gasteiger partial charge in [0.05, 0.1) is 5.92 Å². The summed E-state index contributed by atoms with van der Waals surface area (Å²) in [6.07, 6.45) is 2.29. The zero-order chi connectivity index (χ0) is 14.6. The Balaban J connectivity index is 2.42. The lowest BCUT2D eigenvalue weighted by Crippen LogP contribution is -2.43. The van der Waals surface area contributed by atoms with Crippen molar-refractivity contribution < 1.29 is 18.9 Å². The van der Waals surface area contributed by atoms with Crippen molar-refractivity contribution >= 4 is 22.8 Å². The molecular weight excluding hydrogens is 268 g/mol. The Morgan fingerprint density at radius 1 is 1.47 bits per heavy atom. The van der Waals surface area contributed by atoms with E-state index in [2.05, 4.69) is 5.32 Å². The summed E-state index contributed by atoms with van der Waals surface area (Å²) in [6, 6.07) is -0.291. The van der Waals surface area contributed by atoms with Crippen LogP contribution in [0.3, 0.4) is 0 Å². The first-order valence-electron chi connectivity index (χ1n) is 6.39. The van der Waals surface area contributed by atoms with E-state index in [1.807, 2.05) is 13.8 Å². The van der Waals surface area contributed by atoms with Gasteiger partial charge in [0.1, 0.15) is 0 Å². The summed E-state index contributed by atoms with van der Waals surface area (Å²) in [7, 11) is -0.863. The fourth-order valence-corrected chi connectivity index (χ4v) is 2.86. The average molecular weight is 290 g/mol. The number of nitrogens with zero attached hydrogens (tertiary/aromatic N) is 1. The second-order valence-electron chi connectivity index (χ2n) is 5.24. The molecule has 1 fully saturated rings. The van der Waals surface area contributed by atoms with Gasteiger partial charge in [0, 0.05) is 41.9 Å². The summed E-state index contributed by atoms with van der Waals surface area (Å²) in [4.78, 5) is 24.5. The maximum Gasteiger partial charge on any atom is 0.317 e. The number of carboxylic acids is 1. The van der Waals surface area contributed by atoms with Crippen molar-refractivity contribution in [3.05, 3.63) is 0 Å². The van der Waals surface area contributed by atoms with Gasteiger partial charge in [-0.05, 0) is 19.3 Å². The Morgan fingerprint density at radius 3 is 2.58 bits per heavy atom. The van der Waals surface area contributed by atoms with Crippen LogP contribution in [-0.4, -0.2) is 57.4 Å². The molecule has 0 saturated carbocycles. The topological polar surface area (TPSA) is 86.7 Å². The van der Waals surface area contributed by atoms with Crippen LogP contribution in [0.5, 0.6) is 0 Å². The first kappa shape index (κ1) is 15.9. The van der Waals surface area contributed by atoms with E-state index in [9.17, 15) is 13.8 Å². The van der Waals surface area contributed by atoms with Crippen LogP contribution in [0.2, 0.25) is 0 Å². The molecule has 0 aromatic carbocycles. The van der Waals surface area contributed by atoms with E-state index in [1.165, 1.54) is 0 Å². The minimum absolute atomic E-state index is 0.0262. The van der Waals surface area contributed by atoms with Crippen molar-refractivity contribution in [2.24, 2.45) is 11.8 Å². The number of urea groups is 1. The van der Waals surface area contributed by atoms with Crippen LogP contribution in [0.1, 0.15) is 20.3 Å². The standard InChI is InChI=1S/C12H22N2O4S/c1-8-6-14(7-10(8)11(15)16)12(17)13-9(2)4-5-19(3)18/h8-10H,4-7H2,1-3H3,(H,13,17)(H,15,16)/t8-,9?,10-,19?/m1/s1. The van der Waals surface area contributed by atoms with E-state index < -0.39 is 22.7 Å². The number of aliphatic carboxylic acids is 1. The third-order valence-corrected chi connectivity index (χ3v) is 4.24. The Hall–Kier alpha value is -1.11. The lowest BCUT2D eigenvalue weighted by molar-refractivity contribution is -0.142. The summed E-state index contributed by atoms with van der Waals surface area (Å²) < 4.78 is 11.0. The molecule has 2 N–H and O–H groups in total. The van der Waals surface area contributed by atoms with Crippen LogP contribution in [0.15, 0.2) is 0 Å². The van der Waals surface area contributed by atoms with Crippen LogP contribution < -0.4 is 5.32 Å². The normalized spacial score (nSPS) is 25.9. The van der Waals surface area contributed by atoms with Gasteiger partial charge < -0.3 is 15.3 Å². The zero-order valence-corrected chi connectivity index (χ0v) is 12.4. The van der Waals surface area contributed by atoms with Gasteiger partial charge in [-0.1, -0.05) is 6.92 Å². The Morgan fingerprint density at radius 2 is 2.11 bits per heavy atom. The molecule has 0 aliphatic carbocycles. The fourth-order valence-electron chi connectivity index (χ4n) is 2.17. The molecule has 2 amide bonds. The van der Waals surface area contributed by atoms with Crippen LogP contribution in [0.25, 0.3) is 0 Å². The van der Waals surface area contributed by atoms with Gasteiger partial charge in [-0.15, -0.1) is 0 Å². The number of likely N-dealkylation sites (tertiary alicyclic amines) is 1. The highest BCUT2D eigenvalue weighted by Crippen LogP contribution is 2.23. The highest BCUT2D eigenvalue weighted by atomic mass is 32.2. The van der Waals surface area contributed by atoms with Crippen molar-refractivity contribution in [3.8, 4) is 0 Å². The molecule has 1 heterocycles. The number of amides is 2. The predicted molar refractivity (Wildman–Crippen MR) is 73.4 cm³/mol. The largest absolute Gasteiger partial charge is 0.481 e. The number of carboxylic acid groups (broad SMARTS) is 1. The quantitative estimate of drug-likeness (QED) is 0.772. The molecule has 0 bridgehead atoms. The van der Waals surface area contributed by atoms with Crippen molar-refractivity contribution in [1.29, 1.82) is 0 Å². The second kappa shape index (κ2) is 6.88. The minimum Gasteiger partial charge on any atom is -0.481 e. The van der Waals surface area contributed by atoms with Gasteiger partial charge in [0.25, 0.3) is 0 Å². The van der Waals surface area contributed by atoms with E-state index >= 15 is 0 Å². The molecule has 19 heavy (non-hydrogen) atoms. The number of hydrogen-bond acceptors (Lipinski definition) is 3. The van der Waals surface area contributed by atoms with E-state index in [0.717, 1.165) is 0 Å². The van der Waals surface area contributed by atoms with Crippen LogP contribution in [-0.2, 0) is 15.6 Å². The lowest BCUT2D eigenvalue weighted by atomic mass is 9.99. The second-order valence-corrected chi connectivity index (χ2v) is 6.80. The van der Waals surface area contributed by atoms with E-state index in [-0.39, 0.29) is 24.5 Å². The van der Waals surface area contributed by atoms with Gasteiger partial charge in [0.15, 0.2) is 0 Å².